The Labute approximate surface area is 216 Å². The van der Waals surface area contributed by atoms with Crippen LogP contribution in [0.3, 0.4) is 0 Å². The summed E-state index contributed by atoms with van der Waals surface area (Å²) in [5, 5.41) is 18.5. The summed E-state index contributed by atoms with van der Waals surface area (Å²) in [6.07, 6.45) is 8.37. The van der Waals surface area contributed by atoms with Crippen molar-refractivity contribution in [2.45, 2.75) is 43.9 Å². The van der Waals surface area contributed by atoms with Crippen LogP contribution in [0.15, 0.2) is 66.7 Å². The van der Waals surface area contributed by atoms with E-state index in [0.29, 0.717) is 22.3 Å². The molecule has 0 aromatic heterocycles. The second-order valence-corrected chi connectivity index (χ2v) is 11.0. The van der Waals surface area contributed by atoms with Crippen LogP contribution in [0.1, 0.15) is 75.9 Å². The Balaban J connectivity index is 1.14. The summed E-state index contributed by atoms with van der Waals surface area (Å²) < 4.78 is 6.08. The van der Waals surface area contributed by atoms with Gasteiger partial charge in [-0.05, 0) is 122 Å². The molecule has 4 aliphatic rings. The monoisotopic (exact) mass is 492 g/mol. The molecule has 4 aliphatic carbocycles. The predicted octanol–water partition coefficient (Wildman–Crippen LogP) is 6.74. The summed E-state index contributed by atoms with van der Waals surface area (Å²) in [5.74, 6) is 7.70. The van der Waals surface area contributed by atoms with E-state index in [1.165, 1.54) is 56.2 Å². The lowest BCUT2D eigenvalue weighted by Gasteiger charge is -2.57. The number of hydrogen-bond donors (Lipinski definition) is 2. The van der Waals surface area contributed by atoms with Crippen LogP contribution in [0.2, 0.25) is 0 Å². The van der Waals surface area contributed by atoms with Gasteiger partial charge in [0.05, 0.1) is 11.1 Å². The molecule has 3 aromatic rings. The van der Waals surface area contributed by atoms with Crippen molar-refractivity contribution in [3.8, 4) is 23.3 Å². The molecule has 186 valence electrons. The first-order valence-electron chi connectivity index (χ1n) is 12.9. The largest absolute Gasteiger partial charge is 0.478 e. The SMILES string of the molecule is O=C(O)c1cc(C#Cc2ccc(Oc3ccc(C45CC6CC(CC(C6)C4)C5)cc3)cc2)cc(C(=O)O)c1. The van der Waals surface area contributed by atoms with E-state index in [0.717, 1.165) is 29.6 Å². The van der Waals surface area contributed by atoms with Crippen LogP contribution in [0.4, 0.5) is 0 Å². The Morgan fingerprint density at radius 3 is 1.62 bits per heavy atom. The van der Waals surface area contributed by atoms with Gasteiger partial charge >= 0.3 is 11.9 Å². The lowest BCUT2D eigenvalue weighted by atomic mass is 9.48. The highest BCUT2D eigenvalue weighted by atomic mass is 16.5. The second-order valence-electron chi connectivity index (χ2n) is 11.0. The Morgan fingerprint density at radius 2 is 1.14 bits per heavy atom. The first kappa shape index (κ1) is 23.4. The summed E-state index contributed by atoms with van der Waals surface area (Å²) in [6.45, 7) is 0. The molecule has 5 heteroatoms. The molecule has 2 N–H and O–H groups in total. The van der Waals surface area contributed by atoms with Gasteiger partial charge in [-0.1, -0.05) is 24.0 Å². The zero-order valence-electron chi connectivity index (χ0n) is 20.4. The van der Waals surface area contributed by atoms with Crippen molar-refractivity contribution in [2.75, 3.05) is 0 Å². The van der Waals surface area contributed by atoms with E-state index in [1.807, 2.05) is 24.3 Å². The van der Waals surface area contributed by atoms with Gasteiger partial charge in [-0.3, -0.25) is 0 Å². The van der Waals surface area contributed by atoms with E-state index < -0.39 is 11.9 Å². The quantitative estimate of drug-likeness (QED) is 0.385. The number of carbonyl (C=O) groups is 2. The van der Waals surface area contributed by atoms with Crippen LogP contribution in [0.25, 0.3) is 0 Å². The van der Waals surface area contributed by atoms with Crippen molar-refractivity contribution >= 4 is 11.9 Å². The lowest BCUT2D eigenvalue weighted by molar-refractivity contribution is -0.00520. The van der Waals surface area contributed by atoms with Gasteiger partial charge in [-0.2, -0.15) is 0 Å². The van der Waals surface area contributed by atoms with Crippen LogP contribution >= 0.6 is 0 Å². The molecule has 0 spiro atoms. The Morgan fingerprint density at radius 1 is 0.676 bits per heavy atom. The van der Waals surface area contributed by atoms with E-state index in [-0.39, 0.29) is 11.1 Å². The Hall–Kier alpha value is -4.04. The average Bonchev–Trinajstić information content (AvgIpc) is 2.87. The van der Waals surface area contributed by atoms with Crippen molar-refractivity contribution in [2.24, 2.45) is 17.8 Å². The minimum absolute atomic E-state index is 0.109. The van der Waals surface area contributed by atoms with Crippen LogP contribution in [-0.4, -0.2) is 22.2 Å². The van der Waals surface area contributed by atoms with E-state index in [9.17, 15) is 19.8 Å². The van der Waals surface area contributed by atoms with Crippen molar-refractivity contribution in [3.05, 3.63) is 94.5 Å². The van der Waals surface area contributed by atoms with Crippen LogP contribution < -0.4 is 4.74 Å². The fraction of sp³-hybridized carbons (Fsp3) is 0.312. The number of benzene rings is 3. The molecule has 4 fully saturated rings. The number of rotatable bonds is 5. The van der Waals surface area contributed by atoms with E-state index in [4.69, 9.17) is 4.74 Å². The molecule has 0 unspecified atom stereocenters. The molecule has 0 radical (unpaired) electrons. The zero-order valence-corrected chi connectivity index (χ0v) is 20.4. The number of aromatic carboxylic acids is 2. The molecule has 0 saturated heterocycles. The molecule has 3 aromatic carbocycles. The first-order valence-corrected chi connectivity index (χ1v) is 12.9. The van der Waals surface area contributed by atoms with Crippen molar-refractivity contribution < 1.29 is 24.5 Å². The zero-order chi connectivity index (χ0) is 25.6. The standard InChI is InChI=1S/C32H28O5/c33-30(34)25-14-21(15-26(16-25)31(35)36)2-1-20-3-7-28(8-4-20)37-29-9-5-27(6-10-29)32-17-22-11-23(18-32)13-24(12-22)19-32/h3-10,14-16,22-24H,11-13,17-19H2,(H,33,34)(H,35,36). The molecule has 5 nitrogen and oxygen atoms in total. The molecule has 0 atom stereocenters. The van der Waals surface area contributed by atoms with Crippen molar-refractivity contribution in [3.63, 3.8) is 0 Å². The highest BCUT2D eigenvalue weighted by molar-refractivity contribution is 5.94. The molecule has 0 heterocycles. The summed E-state index contributed by atoms with van der Waals surface area (Å²) in [7, 11) is 0. The van der Waals surface area contributed by atoms with Gasteiger partial charge in [-0.25, -0.2) is 9.59 Å². The summed E-state index contributed by atoms with van der Waals surface area (Å²) in [4.78, 5) is 22.6. The smallest absolute Gasteiger partial charge is 0.335 e. The van der Waals surface area contributed by atoms with Gasteiger partial charge in [0.25, 0.3) is 0 Å². The van der Waals surface area contributed by atoms with Crippen molar-refractivity contribution in [1.29, 1.82) is 0 Å². The summed E-state index contributed by atoms with van der Waals surface area (Å²) in [6, 6.07) is 19.9. The normalized spacial score (nSPS) is 25.2. The second kappa shape index (κ2) is 9.12. The number of ether oxygens (including phenoxy) is 1. The van der Waals surface area contributed by atoms with E-state index in [2.05, 4.69) is 36.1 Å². The topological polar surface area (TPSA) is 83.8 Å². The van der Waals surface area contributed by atoms with Gasteiger partial charge < -0.3 is 14.9 Å². The molecule has 0 amide bonds. The highest BCUT2D eigenvalue weighted by Crippen LogP contribution is 2.60. The number of carboxylic acids is 2. The molecule has 4 bridgehead atoms. The third kappa shape index (κ3) is 4.72. The van der Waals surface area contributed by atoms with Crippen LogP contribution in [0.5, 0.6) is 11.5 Å². The van der Waals surface area contributed by atoms with Gasteiger partial charge in [0.15, 0.2) is 0 Å². The van der Waals surface area contributed by atoms with Crippen LogP contribution in [-0.2, 0) is 5.41 Å². The van der Waals surface area contributed by atoms with E-state index >= 15 is 0 Å². The Kier molecular flexibility index (Phi) is 5.76. The van der Waals surface area contributed by atoms with Crippen LogP contribution in [0, 0.1) is 29.6 Å². The minimum Gasteiger partial charge on any atom is -0.478 e. The third-order valence-electron chi connectivity index (χ3n) is 8.37. The molecule has 7 rings (SSSR count). The van der Waals surface area contributed by atoms with Crippen molar-refractivity contribution in [1.82, 2.24) is 0 Å². The maximum absolute atomic E-state index is 11.3. The molecular formula is C32H28O5. The Bertz CT molecular complexity index is 1360. The van der Waals surface area contributed by atoms with Gasteiger partial charge in [0.1, 0.15) is 11.5 Å². The molecule has 4 saturated carbocycles. The fourth-order valence-electron chi connectivity index (χ4n) is 7.17. The van der Waals surface area contributed by atoms with E-state index in [1.54, 1.807) is 0 Å². The maximum atomic E-state index is 11.3. The molecule has 37 heavy (non-hydrogen) atoms. The maximum Gasteiger partial charge on any atom is 0.335 e. The minimum atomic E-state index is -1.20. The summed E-state index contributed by atoms with van der Waals surface area (Å²) in [5.41, 5.74) is 2.67. The molecule has 0 aliphatic heterocycles. The van der Waals surface area contributed by atoms with Gasteiger partial charge in [-0.15, -0.1) is 0 Å². The average molecular weight is 493 g/mol. The highest BCUT2D eigenvalue weighted by Gasteiger charge is 2.51. The fourth-order valence-corrected chi connectivity index (χ4v) is 7.17. The van der Waals surface area contributed by atoms with Gasteiger partial charge in [0, 0.05) is 11.1 Å². The lowest BCUT2D eigenvalue weighted by Crippen LogP contribution is -2.48. The van der Waals surface area contributed by atoms with Gasteiger partial charge in [0.2, 0.25) is 0 Å². The number of carboxylic acid groups (broad SMARTS) is 2. The number of hydrogen-bond acceptors (Lipinski definition) is 3. The third-order valence-corrected chi connectivity index (χ3v) is 8.37. The molecular weight excluding hydrogens is 464 g/mol. The predicted molar refractivity (Wildman–Crippen MR) is 139 cm³/mol. The summed E-state index contributed by atoms with van der Waals surface area (Å²) >= 11 is 0. The first-order chi connectivity index (χ1) is 17.8.